The molecule has 1 N–H and O–H groups in total. The Hall–Kier alpha value is -3.26. The van der Waals surface area contributed by atoms with Crippen molar-refractivity contribution in [3.63, 3.8) is 0 Å². The van der Waals surface area contributed by atoms with E-state index in [9.17, 15) is 13.6 Å². The molecule has 1 aromatic heterocycles. The molecule has 0 spiro atoms. The fourth-order valence-electron chi connectivity index (χ4n) is 2.41. The van der Waals surface area contributed by atoms with Crippen molar-refractivity contribution in [2.75, 3.05) is 19.0 Å². The van der Waals surface area contributed by atoms with E-state index in [0.29, 0.717) is 16.4 Å². The molecule has 0 aliphatic carbocycles. The van der Waals surface area contributed by atoms with Gasteiger partial charge in [-0.3, -0.25) is 10.1 Å². The van der Waals surface area contributed by atoms with Gasteiger partial charge in [-0.1, -0.05) is 12.1 Å². The van der Waals surface area contributed by atoms with Crippen molar-refractivity contribution in [3.05, 3.63) is 65.6 Å². The minimum Gasteiger partial charge on any atom is -0.497 e. The Bertz CT molecular complexity index is 988. The first kappa shape index (κ1) is 20.5. The van der Waals surface area contributed by atoms with E-state index in [1.807, 2.05) is 29.6 Å². The number of carbonyl (C=O) groups excluding carboxylic acids is 1. The zero-order valence-corrected chi connectivity index (χ0v) is 16.3. The van der Waals surface area contributed by atoms with Gasteiger partial charge in [0.15, 0.2) is 5.13 Å². The molecule has 3 aromatic rings. The maximum Gasteiger partial charge on any atom is 0.272 e. The number of methoxy groups -OCH3 is 1. The lowest BCUT2D eigenvalue weighted by Crippen LogP contribution is -2.07. The van der Waals surface area contributed by atoms with Crippen LogP contribution < -0.4 is 14.8 Å². The van der Waals surface area contributed by atoms with Crippen molar-refractivity contribution in [2.24, 2.45) is 0 Å². The molecule has 150 valence electrons. The van der Waals surface area contributed by atoms with E-state index in [1.165, 1.54) is 17.4 Å². The van der Waals surface area contributed by atoms with Gasteiger partial charge in [0.2, 0.25) is 5.91 Å². The number of hydrogen-bond acceptors (Lipinski definition) is 5. The van der Waals surface area contributed by atoms with E-state index in [-0.39, 0.29) is 5.91 Å². The van der Waals surface area contributed by atoms with Crippen molar-refractivity contribution in [2.45, 2.75) is 6.43 Å². The molecule has 0 aliphatic heterocycles. The number of anilines is 1. The highest BCUT2D eigenvalue weighted by molar-refractivity contribution is 7.14. The highest BCUT2D eigenvalue weighted by Crippen LogP contribution is 2.26. The van der Waals surface area contributed by atoms with Crippen LogP contribution in [0.2, 0.25) is 0 Å². The third kappa shape index (κ3) is 6.11. The number of alkyl halides is 2. The van der Waals surface area contributed by atoms with Crippen molar-refractivity contribution in [3.8, 4) is 22.8 Å². The molecule has 29 heavy (non-hydrogen) atoms. The normalized spacial score (nSPS) is 11.0. The minimum absolute atomic E-state index is 0.317. The summed E-state index contributed by atoms with van der Waals surface area (Å²) in [7, 11) is 1.60. The fourth-order valence-corrected chi connectivity index (χ4v) is 3.13. The standard InChI is InChI=1S/C21H18F2N2O3S/c1-27-16-8-6-15(7-9-16)18-13-29-21(24-18)25-20(26)10-5-14-3-2-4-17(11-14)28-12-19(22)23/h2-11,13,19H,12H2,1H3,(H,24,25,26)/b10-5-. The largest absolute Gasteiger partial charge is 0.497 e. The molecular weight excluding hydrogens is 398 g/mol. The Morgan fingerprint density at radius 3 is 2.72 bits per heavy atom. The highest BCUT2D eigenvalue weighted by atomic mass is 32.1. The van der Waals surface area contributed by atoms with Gasteiger partial charge >= 0.3 is 0 Å². The van der Waals surface area contributed by atoms with Crippen LogP contribution in [0.3, 0.4) is 0 Å². The van der Waals surface area contributed by atoms with E-state index in [1.54, 1.807) is 37.5 Å². The van der Waals surface area contributed by atoms with Gasteiger partial charge in [0.25, 0.3) is 6.43 Å². The predicted octanol–water partition coefficient (Wildman–Crippen LogP) is 5.11. The number of hydrogen-bond donors (Lipinski definition) is 1. The topological polar surface area (TPSA) is 60.5 Å². The van der Waals surface area contributed by atoms with Gasteiger partial charge in [0, 0.05) is 17.0 Å². The SMILES string of the molecule is COc1ccc(-c2csc(NC(=O)/C=C\c3cccc(OCC(F)F)c3)n2)cc1. The molecule has 0 fully saturated rings. The second-order valence-corrected chi connectivity index (χ2v) is 6.72. The number of thiazole rings is 1. The number of rotatable bonds is 8. The summed E-state index contributed by atoms with van der Waals surface area (Å²) >= 11 is 1.32. The fraction of sp³-hybridized carbons (Fsp3) is 0.143. The smallest absolute Gasteiger partial charge is 0.272 e. The quantitative estimate of drug-likeness (QED) is 0.518. The van der Waals surface area contributed by atoms with E-state index in [2.05, 4.69) is 10.3 Å². The maximum atomic E-state index is 12.2. The third-order valence-corrected chi connectivity index (χ3v) is 4.54. The molecule has 0 unspecified atom stereocenters. The lowest BCUT2D eigenvalue weighted by molar-refractivity contribution is -0.111. The van der Waals surface area contributed by atoms with Crippen molar-refractivity contribution in [1.29, 1.82) is 0 Å². The van der Waals surface area contributed by atoms with Crippen molar-refractivity contribution in [1.82, 2.24) is 4.98 Å². The van der Waals surface area contributed by atoms with Crippen LogP contribution in [-0.2, 0) is 4.79 Å². The van der Waals surface area contributed by atoms with E-state index in [0.717, 1.165) is 17.0 Å². The molecular formula is C21H18F2N2O3S. The van der Waals surface area contributed by atoms with E-state index in [4.69, 9.17) is 9.47 Å². The number of halogens is 2. The number of amides is 1. The maximum absolute atomic E-state index is 12.2. The van der Waals surface area contributed by atoms with Crippen LogP contribution in [0.25, 0.3) is 17.3 Å². The van der Waals surface area contributed by atoms with Gasteiger partial charge in [0.1, 0.15) is 18.1 Å². The zero-order valence-electron chi connectivity index (χ0n) is 15.5. The summed E-state index contributed by atoms with van der Waals surface area (Å²) in [5.74, 6) is 0.725. The summed E-state index contributed by atoms with van der Waals surface area (Å²) in [5.41, 5.74) is 2.32. The van der Waals surface area contributed by atoms with Crippen LogP contribution in [0.1, 0.15) is 5.56 Å². The number of nitrogens with zero attached hydrogens (tertiary/aromatic N) is 1. The molecule has 3 rings (SSSR count). The predicted molar refractivity (Wildman–Crippen MR) is 110 cm³/mol. The molecule has 0 atom stereocenters. The Balaban J connectivity index is 1.59. The lowest BCUT2D eigenvalue weighted by Gasteiger charge is -2.05. The second kappa shape index (κ2) is 9.79. The average molecular weight is 416 g/mol. The van der Waals surface area contributed by atoms with Gasteiger partial charge in [-0.15, -0.1) is 11.3 Å². The monoisotopic (exact) mass is 416 g/mol. The number of ether oxygens (including phenoxy) is 2. The number of nitrogens with one attached hydrogen (secondary N) is 1. The van der Waals surface area contributed by atoms with Gasteiger partial charge in [-0.2, -0.15) is 0 Å². The molecule has 0 bridgehead atoms. The van der Waals surface area contributed by atoms with E-state index >= 15 is 0 Å². The Morgan fingerprint density at radius 1 is 1.21 bits per heavy atom. The first-order valence-electron chi connectivity index (χ1n) is 8.63. The van der Waals surface area contributed by atoms with E-state index < -0.39 is 13.0 Å². The molecule has 1 heterocycles. The van der Waals surface area contributed by atoms with Crippen molar-refractivity contribution < 1.29 is 23.0 Å². The minimum atomic E-state index is -2.54. The molecule has 0 saturated heterocycles. The van der Waals surface area contributed by atoms with Gasteiger partial charge in [0.05, 0.1) is 12.8 Å². The molecule has 1 amide bonds. The number of benzene rings is 2. The number of carbonyl (C=O) groups is 1. The van der Waals surface area contributed by atoms with Gasteiger partial charge in [-0.05, 0) is 48.0 Å². The molecule has 8 heteroatoms. The Labute approximate surface area is 170 Å². The Kier molecular flexibility index (Phi) is 6.91. The number of aromatic nitrogens is 1. The summed E-state index contributed by atoms with van der Waals surface area (Å²) in [5, 5.41) is 5.03. The van der Waals surface area contributed by atoms with Crippen LogP contribution in [0, 0.1) is 0 Å². The molecule has 0 radical (unpaired) electrons. The molecule has 2 aromatic carbocycles. The molecule has 5 nitrogen and oxygen atoms in total. The van der Waals surface area contributed by atoms with Crippen LogP contribution in [0.4, 0.5) is 13.9 Å². The van der Waals surface area contributed by atoms with Crippen LogP contribution >= 0.6 is 11.3 Å². The summed E-state index contributed by atoms with van der Waals surface area (Å²) in [6.07, 6.45) is 0.379. The van der Waals surface area contributed by atoms with Crippen LogP contribution in [-0.4, -0.2) is 31.0 Å². The first-order chi connectivity index (χ1) is 14.0. The summed E-state index contributed by atoms with van der Waals surface area (Å²) in [6, 6.07) is 14.0. The molecule has 0 aliphatic rings. The van der Waals surface area contributed by atoms with Gasteiger partial charge < -0.3 is 9.47 Å². The van der Waals surface area contributed by atoms with Crippen LogP contribution in [0.15, 0.2) is 60.0 Å². The first-order valence-corrected chi connectivity index (χ1v) is 9.51. The zero-order chi connectivity index (χ0) is 20.6. The highest BCUT2D eigenvalue weighted by Gasteiger charge is 2.07. The lowest BCUT2D eigenvalue weighted by atomic mass is 10.2. The van der Waals surface area contributed by atoms with Crippen LogP contribution in [0.5, 0.6) is 11.5 Å². The summed E-state index contributed by atoms with van der Waals surface area (Å²) < 4.78 is 34.6. The van der Waals surface area contributed by atoms with Crippen molar-refractivity contribution >= 4 is 28.5 Å². The third-order valence-electron chi connectivity index (χ3n) is 3.78. The second-order valence-electron chi connectivity index (χ2n) is 5.86. The average Bonchev–Trinajstić information content (AvgIpc) is 3.19. The Morgan fingerprint density at radius 2 is 2.00 bits per heavy atom. The molecule has 0 saturated carbocycles. The summed E-state index contributed by atoms with van der Waals surface area (Å²) in [4.78, 5) is 16.5. The van der Waals surface area contributed by atoms with Gasteiger partial charge in [-0.25, -0.2) is 13.8 Å². The summed E-state index contributed by atoms with van der Waals surface area (Å²) in [6.45, 7) is -0.672.